The van der Waals surface area contributed by atoms with Gasteiger partial charge in [0.25, 0.3) is 0 Å². The zero-order valence-electron chi connectivity index (χ0n) is 17.5. The zero-order valence-corrected chi connectivity index (χ0v) is 18.3. The zero-order chi connectivity index (χ0) is 22.6. The Hall–Kier alpha value is -2.88. The summed E-state index contributed by atoms with van der Waals surface area (Å²) in [5, 5.41) is 0. The topological polar surface area (TPSA) is 125 Å². The summed E-state index contributed by atoms with van der Waals surface area (Å²) < 4.78 is 36.1. The molecule has 9 heteroatoms. The Labute approximate surface area is 181 Å². The van der Waals surface area contributed by atoms with Gasteiger partial charge in [-0.3, -0.25) is 0 Å². The highest BCUT2D eigenvalue weighted by Gasteiger charge is 2.40. The maximum absolute atomic E-state index is 8.49. The van der Waals surface area contributed by atoms with Gasteiger partial charge in [0.05, 0.1) is 17.5 Å². The van der Waals surface area contributed by atoms with Crippen molar-refractivity contribution in [3.8, 4) is 0 Å². The van der Waals surface area contributed by atoms with Crippen molar-refractivity contribution in [2.45, 2.75) is 33.1 Å². The first-order chi connectivity index (χ1) is 14.4. The molecule has 0 bridgehead atoms. The summed E-state index contributed by atoms with van der Waals surface area (Å²) in [6, 6.07) is 4.23. The predicted octanol–water partition coefficient (Wildman–Crippen LogP) is -0.924. The van der Waals surface area contributed by atoms with Crippen LogP contribution in [-0.4, -0.2) is 15.7 Å². The standard InChI is InChI=1S/C22H21N4.ClHO4/c1-14-5-7-25-12-16-18(23-20(25)9-14)11-19-17(22(16,3)4)13-26-8-6-15(2)10-21(26)24-19;2-1(3,4)5/h5-13H,1-4H3;(H,2,3,4,5)/q+1;/p-1. The maximum Gasteiger partial charge on any atom is 0.328 e. The van der Waals surface area contributed by atoms with E-state index in [2.05, 4.69) is 92.1 Å². The molecule has 0 atom stereocenters. The maximum atomic E-state index is 8.49. The third-order valence-electron chi connectivity index (χ3n) is 5.42. The van der Waals surface area contributed by atoms with E-state index in [4.69, 9.17) is 28.6 Å². The molecule has 4 heterocycles. The third-order valence-corrected chi connectivity index (χ3v) is 5.42. The summed E-state index contributed by atoms with van der Waals surface area (Å²) in [6.45, 7) is 8.69. The summed E-state index contributed by atoms with van der Waals surface area (Å²) in [5.41, 5.74) is 7.69. The number of allylic oxidation sites excluding steroid dienone is 3. The average Bonchev–Trinajstić information content (AvgIpc) is 2.64. The molecule has 1 aliphatic carbocycles. The van der Waals surface area contributed by atoms with Crippen molar-refractivity contribution in [2.75, 3.05) is 0 Å². The van der Waals surface area contributed by atoms with Gasteiger partial charge in [-0.1, -0.05) is 13.8 Å². The van der Waals surface area contributed by atoms with Gasteiger partial charge >= 0.3 is 5.65 Å². The van der Waals surface area contributed by atoms with E-state index in [-0.39, 0.29) is 5.41 Å². The number of hydrogen-bond acceptors (Lipinski definition) is 7. The Morgan fingerprint density at radius 2 is 1.81 bits per heavy atom. The van der Waals surface area contributed by atoms with E-state index in [0.717, 1.165) is 22.9 Å². The Morgan fingerprint density at radius 3 is 2.52 bits per heavy atom. The van der Waals surface area contributed by atoms with Crippen molar-refractivity contribution in [1.82, 2.24) is 9.88 Å². The molecule has 31 heavy (non-hydrogen) atoms. The fourth-order valence-electron chi connectivity index (χ4n) is 3.83. The molecule has 0 fully saturated rings. The van der Waals surface area contributed by atoms with Gasteiger partial charge in [-0.15, -0.1) is 10.2 Å². The van der Waals surface area contributed by atoms with Crippen molar-refractivity contribution < 1.29 is 33.3 Å². The highest BCUT2D eigenvalue weighted by Crippen LogP contribution is 2.44. The molecular formula is C22H21ClN4O4. The van der Waals surface area contributed by atoms with Gasteiger partial charge < -0.3 is 4.90 Å². The number of pyridine rings is 1. The second-order valence-corrected chi connectivity index (χ2v) is 8.92. The lowest BCUT2D eigenvalue weighted by Gasteiger charge is -2.36. The molecule has 0 saturated heterocycles. The Kier molecular flexibility index (Phi) is 5.07. The summed E-state index contributed by atoms with van der Waals surface area (Å²) in [6.07, 6.45) is 14.9. The molecule has 3 aliphatic rings. The van der Waals surface area contributed by atoms with Crippen LogP contribution in [0.5, 0.6) is 0 Å². The summed E-state index contributed by atoms with van der Waals surface area (Å²) in [5.74, 6) is 0.963. The molecule has 0 spiro atoms. The largest absolute Gasteiger partial charge is 0.328 e. The second-order valence-electron chi connectivity index (χ2n) is 8.17. The first-order valence-corrected chi connectivity index (χ1v) is 10.8. The van der Waals surface area contributed by atoms with Gasteiger partial charge in [-0.25, -0.2) is 28.0 Å². The number of halogens is 1. The number of hydrogen-bond donors (Lipinski definition) is 0. The molecule has 0 unspecified atom stereocenters. The summed E-state index contributed by atoms with van der Waals surface area (Å²) in [7, 11) is -4.94. The van der Waals surface area contributed by atoms with Gasteiger partial charge in [0.2, 0.25) is 0 Å². The number of aliphatic imine (C=N–C) groups is 1. The number of rotatable bonds is 0. The highest BCUT2D eigenvalue weighted by molar-refractivity contribution is 5.99. The van der Waals surface area contributed by atoms with Crippen molar-refractivity contribution >= 4 is 17.6 Å². The molecular weight excluding hydrogens is 420 g/mol. The normalized spacial score (nSPS) is 18.5. The number of aromatic nitrogens is 2. The molecule has 8 nitrogen and oxygen atoms in total. The number of nitrogens with zero attached hydrogens (tertiary/aromatic N) is 4. The van der Waals surface area contributed by atoms with Gasteiger partial charge in [0, 0.05) is 35.5 Å². The minimum absolute atomic E-state index is 0.169. The highest BCUT2D eigenvalue weighted by atomic mass is 35.7. The third kappa shape index (κ3) is 4.30. The predicted molar refractivity (Wildman–Crippen MR) is 103 cm³/mol. The minimum Gasteiger partial charge on any atom is -0.308 e. The first kappa shape index (κ1) is 21.4. The van der Waals surface area contributed by atoms with Crippen molar-refractivity contribution in [2.24, 2.45) is 4.99 Å². The molecule has 0 saturated carbocycles. The van der Waals surface area contributed by atoms with E-state index >= 15 is 0 Å². The van der Waals surface area contributed by atoms with E-state index in [9.17, 15) is 0 Å². The van der Waals surface area contributed by atoms with Gasteiger partial charge in [-0.05, 0) is 48.2 Å². The van der Waals surface area contributed by atoms with E-state index < -0.39 is 10.2 Å². The van der Waals surface area contributed by atoms with E-state index in [0.29, 0.717) is 0 Å². The monoisotopic (exact) mass is 440 g/mol. The first-order valence-electron chi connectivity index (χ1n) is 9.55. The Bertz CT molecular complexity index is 1230. The molecule has 0 radical (unpaired) electrons. The molecule has 2 aromatic heterocycles. The van der Waals surface area contributed by atoms with Crippen LogP contribution in [0.3, 0.4) is 0 Å². The molecule has 2 aromatic rings. The molecule has 5 rings (SSSR count). The Balaban J connectivity index is 0.000000418. The van der Waals surface area contributed by atoms with Crippen LogP contribution in [-0.2, 0) is 5.41 Å². The van der Waals surface area contributed by atoms with Crippen LogP contribution in [0.2, 0.25) is 0 Å². The van der Waals surface area contributed by atoms with Crippen molar-refractivity contribution in [3.63, 3.8) is 0 Å². The lowest BCUT2D eigenvalue weighted by Crippen LogP contribution is -2.68. The van der Waals surface area contributed by atoms with Crippen LogP contribution in [0.25, 0.3) is 11.7 Å². The van der Waals surface area contributed by atoms with Crippen LogP contribution in [0.15, 0.2) is 70.9 Å². The fraction of sp³-hybridized carbons (Fsp3) is 0.227. The molecule has 2 aliphatic heterocycles. The van der Waals surface area contributed by atoms with E-state index in [1.807, 2.05) is 0 Å². The van der Waals surface area contributed by atoms with Crippen molar-refractivity contribution in [3.05, 3.63) is 82.7 Å². The summed E-state index contributed by atoms with van der Waals surface area (Å²) >= 11 is 0. The van der Waals surface area contributed by atoms with E-state index in [1.54, 1.807) is 0 Å². The quantitative estimate of drug-likeness (QED) is 0.488. The molecule has 0 amide bonds. The van der Waals surface area contributed by atoms with Gasteiger partial charge in [0.1, 0.15) is 12.0 Å². The molecule has 0 aromatic carbocycles. The van der Waals surface area contributed by atoms with Gasteiger partial charge in [-0.2, -0.15) is 0 Å². The lowest BCUT2D eigenvalue weighted by atomic mass is 9.72. The van der Waals surface area contributed by atoms with Gasteiger partial charge in [0.15, 0.2) is 5.69 Å². The molecule has 0 N–H and O–H groups in total. The van der Waals surface area contributed by atoms with Crippen LogP contribution in [0.4, 0.5) is 0 Å². The average molecular weight is 441 g/mol. The van der Waals surface area contributed by atoms with E-state index in [1.165, 1.54) is 22.3 Å². The number of fused-ring (bicyclic) bond motifs is 4. The summed E-state index contributed by atoms with van der Waals surface area (Å²) in [4.78, 5) is 12.0. The fourth-order valence-corrected chi connectivity index (χ4v) is 3.83. The second kappa shape index (κ2) is 7.37. The molecule has 160 valence electrons. The Morgan fingerprint density at radius 1 is 1.10 bits per heavy atom. The SMILES string of the molecule is CC1=CC2=NC3=Cc4nc5cc(C)cc[n+]5cc4C(C)(C)C3=CN2C=C1.[O-][Cl+3]([O-])([O-])[O-]. The van der Waals surface area contributed by atoms with Crippen LogP contribution in [0, 0.1) is 17.2 Å². The lowest BCUT2D eigenvalue weighted by molar-refractivity contribution is -2.00. The van der Waals surface area contributed by atoms with Crippen molar-refractivity contribution in [1.29, 1.82) is 0 Å². The van der Waals surface area contributed by atoms with Crippen LogP contribution in [0.1, 0.15) is 37.6 Å². The number of aryl methyl sites for hydroxylation is 1. The van der Waals surface area contributed by atoms with Crippen LogP contribution >= 0.6 is 0 Å². The smallest absolute Gasteiger partial charge is 0.308 e. The number of amidine groups is 1. The minimum atomic E-state index is -4.94. The van der Waals surface area contributed by atoms with Crippen LogP contribution < -0.4 is 23.0 Å².